The van der Waals surface area contributed by atoms with Gasteiger partial charge in [0.05, 0.1) is 6.54 Å². The van der Waals surface area contributed by atoms with E-state index in [0.717, 1.165) is 24.9 Å². The lowest BCUT2D eigenvalue weighted by Crippen LogP contribution is -2.41. The molecule has 0 saturated heterocycles. The molecule has 1 aromatic rings. The first-order chi connectivity index (χ1) is 12.6. The van der Waals surface area contributed by atoms with Crippen LogP contribution in [0.4, 0.5) is 4.39 Å². The second-order valence-corrected chi connectivity index (χ2v) is 6.86. The van der Waals surface area contributed by atoms with E-state index in [9.17, 15) is 9.18 Å². The Hall–Kier alpha value is -2.11. The van der Waals surface area contributed by atoms with Gasteiger partial charge in [-0.1, -0.05) is 31.4 Å². The van der Waals surface area contributed by atoms with Crippen molar-refractivity contribution in [2.45, 2.75) is 65.0 Å². The standard InChI is InChI=1S/C20H31FN4O/c1-3-22-20(24-14-16-9-10-18(21)15(2)13-16)23-12-11-19(26)25-17-7-5-4-6-8-17/h9-10,13,17H,3-8,11-12,14H2,1-2H3,(H,25,26)(H2,22,23,24). The zero-order valence-electron chi connectivity index (χ0n) is 15.9. The van der Waals surface area contributed by atoms with E-state index in [1.165, 1.54) is 25.3 Å². The summed E-state index contributed by atoms with van der Waals surface area (Å²) in [6.45, 7) is 5.48. The van der Waals surface area contributed by atoms with Crippen LogP contribution < -0.4 is 16.0 Å². The summed E-state index contributed by atoms with van der Waals surface area (Å²) >= 11 is 0. The van der Waals surface area contributed by atoms with Crippen molar-refractivity contribution < 1.29 is 9.18 Å². The van der Waals surface area contributed by atoms with Crippen LogP contribution >= 0.6 is 0 Å². The number of carbonyl (C=O) groups is 1. The Morgan fingerprint density at radius 2 is 2.00 bits per heavy atom. The van der Waals surface area contributed by atoms with E-state index in [1.807, 2.05) is 6.92 Å². The van der Waals surface area contributed by atoms with Crippen LogP contribution in [0.5, 0.6) is 0 Å². The number of aryl methyl sites for hydroxylation is 1. The van der Waals surface area contributed by atoms with Crippen molar-refractivity contribution in [3.63, 3.8) is 0 Å². The number of rotatable bonds is 7. The van der Waals surface area contributed by atoms with Gasteiger partial charge in [0.2, 0.25) is 5.91 Å². The minimum atomic E-state index is -0.202. The molecule has 3 N–H and O–H groups in total. The summed E-state index contributed by atoms with van der Waals surface area (Å²) in [4.78, 5) is 16.6. The molecule has 0 unspecified atom stereocenters. The predicted molar refractivity (Wildman–Crippen MR) is 104 cm³/mol. The Balaban J connectivity index is 1.77. The Kier molecular flexibility index (Phi) is 8.38. The Bertz CT molecular complexity index is 612. The first kappa shape index (κ1) is 20.2. The van der Waals surface area contributed by atoms with E-state index in [1.54, 1.807) is 19.1 Å². The number of carbonyl (C=O) groups excluding carboxylic acids is 1. The maximum atomic E-state index is 13.3. The van der Waals surface area contributed by atoms with Gasteiger partial charge < -0.3 is 16.0 Å². The van der Waals surface area contributed by atoms with Crippen LogP contribution in [0, 0.1) is 12.7 Å². The quantitative estimate of drug-likeness (QED) is 0.516. The zero-order chi connectivity index (χ0) is 18.8. The van der Waals surface area contributed by atoms with E-state index >= 15 is 0 Å². The molecule has 0 spiro atoms. The van der Waals surface area contributed by atoms with Crippen molar-refractivity contribution in [1.82, 2.24) is 16.0 Å². The predicted octanol–water partition coefficient (Wildman–Crippen LogP) is 3.03. The molecule has 0 aromatic heterocycles. The van der Waals surface area contributed by atoms with Crippen molar-refractivity contribution in [3.8, 4) is 0 Å². The average Bonchev–Trinajstić information content (AvgIpc) is 2.63. The van der Waals surface area contributed by atoms with Crippen LogP contribution in [0.1, 0.15) is 56.6 Å². The third kappa shape index (κ3) is 7.02. The van der Waals surface area contributed by atoms with E-state index < -0.39 is 0 Å². The summed E-state index contributed by atoms with van der Waals surface area (Å²) in [5, 5.41) is 9.48. The summed E-state index contributed by atoms with van der Waals surface area (Å²) in [6.07, 6.45) is 6.33. The van der Waals surface area contributed by atoms with Gasteiger partial charge in [0.25, 0.3) is 0 Å². The molecule has 1 aromatic carbocycles. The highest BCUT2D eigenvalue weighted by Crippen LogP contribution is 2.17. The molecule has 5 nitrogen and oxygen atoms in total. The lowest BCUT2D eigenvalue weighted by atomic mass is 9.95. The smallest absolute Gasteiger partial charge is 0.221 e. The topological polar surface area (TPSA) is 65.5 Å². The molecule has 144 valence electrons. The molecule has 1 fully saturated rings. The monoisotopic (exact) mass is 362 g/mol. The largest absolute Gasteiger partial charge is 0.357 e. The van der Waals surface area contributed by atoms with Crippen molar-refractivity contribution >= 4 is 11.9 Å². The fourth-order valence-electron chi connectivity index (χ4n) is 3.16. The summed E-state index contributed by atoms with van der Waals surface area (Å²) in [5.41, 5.74) is 1.58. The molecule has 2 rings (SSSR count). The highest BCUT2D eigenvalue weighted by Gasteiger charge is 2.15. The minimum Gasteiger partial charge on any atom is -0.357 e. The molecule has 0 bridgehead atoms. The maximum Gasteiger partial charge on any atom is 0.221 e. The van der Waals surface area contributed by atoms with Crippen LogP contribution in [0.15, 0.2) is 23.2 Å². The lowest BCUT2D eigenvalue weighted by Gasteiger charge is -2.22. The normalized spacial score (nSPS) is 15.6. The SMILES string of the molecule is CCNC(=NCc1ccc(F)c(C)c1)NCCC(=O)NC1CCCCC1. The lowest BCUT2D eigenvalue weighted by molar-refractivity contribution is -0.121. The molecule has 6 heteroatoms. The molecule has 0 atom stereocenters. The van der Waals surface area contributed by atoms with Gasteiger partial charge in [0.1, 0.15) is 5.82 Å². The molecule has 1 aliphatic carbocycles. The number of guanidine groups is 1. The van der Waals surface area contributed by atoms with E-state index in [-0.39, 0.29) is 11.7 Å². The van der Waals surface area contributed by atoms with Crippen molar-refractivity contribution in [3.05, 3.63) is 35.1 Å². The molecule has 0 heterocycles. The molecular weight excluding hydrogens is 331 g/mol. The van der Waals surface area contributed by atoms with E-state index in [0.29, 0.717) is 37.1 Å². The number of hydrogen-bond donors (Lipinski definition) is 3. The molecular formula is C20H31FN4O. The maximum absolute atomic E-state index is 13.3. The van der Waals surface area contributed by atoms with Gasteiger partial charge in [-0.05, 0) is 43.9 Å². The van der Waals surface area contributed by atoms with Crippen LogP contribution in [0.25, 0.3) is 0 Å². The van der Waals surface area contributed by atoms with E-state index in [2.05, 4.69) is 20.9 Å². The van der Waals surface area contributed by atoms with Gasteiger partial charge >= 0.3 is 0 Å². The van der Waals surface area contributed by atoms with Gasteiger partial charge in [-0.15, -0.1) is 0 Å². The molecule has 1 amide bonds. The Morgan fingerprint density at radius 3 is 2.69 bits per heavy atom. The molecule has 0 aliphatic heterocycles. The third-order valence-corrected chi connectivity index (χ3v) is 4.60. The van der Waals surface area contributed by atoms with Crippen LogP contribution in [-0.4, -0.2) is 31.0 Å². The van der Waals surface area contributed by atoms with Crippen molar-refractivity contribution in [2.24, 2.45) is 4.99 Å². The summed E-state index contributed by atoms with van der Waals surface area (Å²) in [7, 11) is 0. The average molecular weight is 362 g/mol. The number of nitrogens with zero attached hydrogens (tertiary/aromatic N) is 1. The molecule has 1 aliphatic rings. The number of benzene rings is 1. The molecule has 26 heavy (non-hydrogen) atoms. The third-order valence-electron chi connectivity index (χ3n) is 4.60. The van der Waals surface area contributed by atoms with E-state index in [4.69, 9.17) is 0 Å². The highest BCUT2D eigenvalue weighted by molar-refractivity contribution is 5.81. The second-order valence-electron chi connectivity index (χ2n) is 6.86. The van der Waals surface area contributed by atoms with Crippen molar-refractivity contribution in [2.75, 3.05) is 13.1 Å². The minimum absolute atomic E-state index is 0.0920. The second kappa shape index (κ2) is 10.8. The first-order valence-corrected chi connectivity index (χ1v) is 9.65. The van der Waals surface area contributed by atoms with Crippen molar-refractivity contribution in [1.29, 1.82) is 0 Å². The Labute approximate surface area is 155 Å². The number of hydrogen-bond acceptors (Lipinski definition) is 2. The number of aliphatic imine (C=N–C) groups is 1. The summed E-state index contributed by atoms with van der Waals surface area (Å²) in [6, 6.07) is 5.36. The number of nitrogens with one attached hydrogen (secondary N) is 3. The van der Waals surface area contributed by atoms with Gasteiger partial charge in [0.15, 0.2) is 5.96 Å². The van der Waals surface area contributed by atoms with Gasteiger partial charge in [-0.3, -0.25) is 4.79 Å². The first-order valence-electron chi connectivity index (χ1n) is 9.65. The number of amides is 1. The van der Waals surface area contributed by atoms with Gasteiger partial charge in [-0.25, -0.2) is 9.38 Å². The fourth-order valence-corrected chi connectivity index (χ4v) is 3.16. The summed E-state index contributed by atoms with van der Waals surface area (Å²) in [5.74, 6) is 0.557. The highest BCUT2D eigenvalue weighted by atomic mass is 19.1. The molecule has 0 radical (unpaired) electrons. The number of halogens is 1. The van der Waals surface area contributed by atoms with Gasteiger partial charge in [0, 0.05) is 25.6 Å². The van der Waals surface area contributed by atoms with Crippen LogP contribution in [0.3, 0.4) is 0 Å². The van der Waals surface area contributed by atoms with Crippen LogP contribution in [0.2, 0.25) is 0 Å². The molecule has 1 saturated carbocycles. The summed E-state index contributed by atoms with van der Waals surface area (Å²) < 4.78 is 13.3. The van der Waals surface area contributed by atoms with Crippen LogP contribution in [-0.2, 0) is 11.3 Å². The fraction of sp³-hybridized carbons (Fsp3) is 0.600. The Morgan fingerprint density at radius 1 is 1.23 bits per heavy atom. The zero-order valence-corrected chi connectivity index (χ0v) is 15.9. The van der Waals surface area contributed by atoms with Gasteiger partial charge in [-0.2, -0.15) is 0 Å².